The molecule has 15 heavy (non-hydrogen) atoms. The van der Waals surface area contributed by atoms with Crippen molar-refractivity contribution in [1.29, 1.82) is 0 Å². The van der Waals surface area contributed by atoms with Crippen LogP contribution in [0.4, 0.5) is 0 Å². The Balaban J connectivity index is 0. The average molecular weight is 293 g/mol. The minimum Gasteiger partial charge on any atom is -0.299 e. The maximum atomic E-state index is 11.0. The molecule has 0 spiro atoms. The van der Waals surface area contributed by atoms with Gasteiger partial charge in [-0.1, -0.05) is 20.3 Å². The summed E-state index contributed by atoms with van der Waals surface area (Å²) in [6.07, 6.45) is 2.81. The first-order valence-corrected chi connectivity index (χ1v) is 5.04. The number of ketones is 1. The Kier molecular flexibility index (Phi) is 14.0. The third-order valence-electron chi connectivity index (χ3n) is 1.60. The van der Waals surface area contributed by atoms with Crippen molar-refractivity contribution in [2.45, 2.75) is 46.0 Å². The van der Waals surface area contributed by atoms with Crippen molar-refractivity contribution >= 4 is 11.8 Å². The molecule has 0 N–H and O–H groups in total. The van der Waals surface area contributed by atoms with Crippen LogP contribution in [-0.4, -0.2) is 18.4 Å². The Bertz CT molecular complexity index is 182. The maximum Gasteiger partial charge on any atom is 0.349 e. The summed E-state index contributed by atoms with van der Waals surface area (Å²) in [7, 11) is 0. The van der Waals surface area contributed by atoms with E-state index in [2.05, 4.69) is 9.78 Å². The normalized spacial score (nSPS) is 9.20. The molecule has 0 atom stereocenters. The van der Waals surface area contributed by atoms with Crippen LogP contribution >= 0.6 is 0 Å². The van der Waals surface area contributed by atoms with Gasteiger partial charge in [0.2, 0.25) is 0 Å². The van der Waals surface area contributed by atoms with Crippen LogP contribution in [0.25, 0.3) is 0 Å². The van der Waals surface area contributed by atoms with Gasteiger partial charge in [0.15, 0.2) is 0 Å². The summed E-state index contributed by atoms with van der Waals surface area (Å²) < 4.78 is 0. The van der Waals surface area contributed by atoms with Gasteiger partial charge in [-0.3, -0.25) is 9.68 Å². The van der Waals surface area contributed by atoms with Crippen molar-refractivity contribution < 1.29 is 45.6 Å². The van der Waals surface area contributed by atoms with E-state index in [0.29, 0.717) is 13.0 Å². The summed E-state index contributed by atoms with van der Waals surface area (Å²) in [4.78, 5) is 30.9. The Hall–Kier alpha value is -0.0169. The molecule has 5 heteroatoms. The van der Waals surface area contributed by atoms with Crippen molar-refractivity contribution in [2.75, 3.05) is 6.61 Å². The second kappa shape index (κ2) is 12.1. The van der Waals surface area contributed by atoms with Crippen LogP contribution in [0.5, 0.6) is 0 Å². The average Bonchev–Trinajstić information content (AvgIpc) is 2.13. The number of unbranched alkanes of at least 4 members (excludes halogenated alkanes) is 1. The van der Waals surface area contributed by atoms with Crippen molar-refractivity contribution in [2.24, 2.45) is 0 Å². The Morgan fingerprint density at radius 3 is 2.33 bits per heavy atom. The minimum atomic E-state index is -0.598. The molecule has 0 aliphatic heterocycles. The van der Waals surface area contributed by atoms with Crippen LogP contribution in [0.15, 0.2) is 0 Å². The van der Waals surface area contributed by atoms with Gasteiger partial charge >= 0.3 is 5.97 Å². The largest absolute Gasteiger partial charge is 0.349 e. The number of Topliss-reactive ketones (excluding diaryl/α,β-unsaturated/α-hetero) is 1. The molecule has 0 aromatic heterocycles. The number of rotatable bonds is 8. The van der Waals surface area contributed by atoms with Crippen LogP contribution in [-0.2, 0) is 45.6 Å². The van der Waals surface area contributed by atoms with Gasteiger partial charge in [-0.25, -0.2) is 4.79 Å². The van der Waals surface area contributed by atoms with Crippen molar-refractivity contribution in [1.82, 2.24) is 0 Å². The Morgan fingerprint density at radius 2 is 1.80 bits per heavy atom. The van der Waals surface area contributed by atoms with Crippen molar-refractivity contribution in [3.63, 3.8) is 0 Å². The molecule has 0 saturated heterocycles. The predicted octanol–water partition coefficient (Wildman–Crippen LogP) is 2.02. The molecule has 86 valence electrons. The molecule has 4 nitrogen and oxygen atoms in total. The van der Waals surface area contributed by atoms with E-state index in [9.17, 15) is 9.59 Å². The third-order valence-corrected chi connectivity index (χ3v) is 1.60. The van der Waals surface area contributed by atoms with Gasteiger partial charge in [0.1, 0.15) is 12.2 Å². The smallest absolute Gasteiger partial charge is 0.299 e. The van der Waals surface area contributed by atoms with Crippen LogP contribution in [0.1, 0.15) is 46.0 Å². The summed E-state index contributed by atoms with van der Waals surface area (Å²) in [5, 5.41) is 0. The van der Waals surface area contributed by atoms with Crippen LogP contribution in [0.3, 0.4) is 0 Å². The zero-order chi connectivity index (χ0) is 10.8. The van der Waals surface area contributed by atoms with E-state index in [-0.39, 0.29) is 38.4 Å². The van der Waals surface area contributed by atoms with Gasteiger partial charge < -0.3 is 0 Å². The van der Waals surface area contributed by atoms with Gasteiger partial charge in [0, 0.05) is 32.6 Å². The van der Waals surface area contributed by atoms with Gasteiger partial charge in [-0.2, -0.15) is 4.89 Å². The molecule has 0 fully saturated rings. The molecule has 0 aromatic carbocycles. The first-order chi connectivity index (χ1) is 6.70. The van der Waals surface area contributed by atoms with E-state index in [1.165, 1.54) is 0 Å². The van der Waals surface area contributed by atoms with Crippen molar-refractivity contribution in [3.8, 4) is 0 Å². The number of carbonyl (C=O) groups excluding carboxylic acids is 2. The van der Waals surface area contributed by atoms with E-state index in [1.54, 1.807) is 0 Å². The number of carbonyl (C=O) groups is 2. The molecule has 0 aliphatic carbocycles. The minimum absolute atomic E-state index is 0. The molecular weight excluding hydrogens is 275 g/mol. The van der Waals surface area contributed by atoms with Gasteiger partial charge in [0.25, 0.3) is 0 Å². The topological polar surface area (TPSA) is 52.6 Å². The van der Waals surface area contributed by atoms with E-state index in [4.69, 9.17) is 0 Å². The second-order valence-corrected chi connectivity index (χ2v) is 3.10. The first kappa shape index (κ1) is 17.4. The van der Waals surface area contributed by atoms with E-state index in [1.807, 2.05) is 13.8 Å². The Morgan fingerprint density at radius 1 is 1.13 bits per heavy atom. The van der Waals surface area contributed by atoms with E-state index < -0.39 is 5.97 Å². The SMILES string of the molecule is CCCCOOC(=O)CC(=O)CCC.[Zr]. The standard InChI is InChI=1S/C10H18O4.Zr/c1-3-5-7-13-14-10(12)8-9(11)6-4-2;/h3-8H2,1-2H3;. The molecule has 0 unspecified atom stereocenters. The summed E-state index contributed by atoms with van der Waals surface area (Å²) >= 11 is 0. The van der Waals surface area contributed by atoms with Gasteiger partial charge in [0.05, 0.1) is 6.61 Å². The Labute approximate surface area is 110 Å². The predicted molar refractivity (Wildman–Crippen MR) is 51.5 cm³/mol. The molecule has 0 rings (SSSR count). The summed E-state index contributed by atoms with van der Waals surface area (Å²) in [5.41, 5.74) is 0. The molecule has 0 bridgehead atoms. The third kappa shape index (κ3) is 11.9. The molecule has 0 radical (unpaired) electrons. The maximum absolute atomic E-state index is 11.0. The molecule has 0 aliphatic rings. The second-order valence-electron chi connectivity index (χ2n) is 3.10. The van der Waals surface area contributed by atoms with Gasteiger partial charge in [-0.15, -0.1) is 0 Å². The van der Waals surface area contributed by atoms with E-state index in [0.717, 1.165) is 19.3 Å². The zero-order valence-electron chi connectivity index (χ0n) is 9.38. The molecule has 0 aromatic rings. The fourth-order valence-corrected chi connectivity index (χ4v) is 0.868. The molecule has 0 heterocycles. The van der Waals surface area contributed by atoms with Crippen LogP contribution in [0, 0.1) is 0 Å². The summed E-state index contributed by atoms with van der Waals surface area (Å²) in [6, 6.07) is 0. The zero-order valence-corrected chi connectivity index (χ0v) is 11.8. The molecule has 0 saturated carbocycles. The molecule has 0 amide bonds. The number of hydrogen-bond acceptors (Lipinski definition) is 4. The molecular formula is C10H18O4Zr. The summed E-state index contributed by atoms with van der Waals surface area (Å²) in [5.74, 6) is -0.698. The fourth-order valence-electron chi connectivity index (χ4n) is 0.868. The fraction of sp³-hybridized carbons (Fsp3) is 0.800. The van der Waals surface area contributed by atoms with Crippen molar-refractivity contribution in [3.05, 3.63) is 0 Å². The van der Waals surface area contributed by atoms with Crippen LogP contribution < -0.4 is 0 Å². The summed E-state index contributed by atoms with van der Waals surface area (Å²) in [6.45, 7) is 4.29. The monoisotopic (exact) mass is 292 g/mol. The quantitative estimate of drug-likeness (QED) is 0.297. The van der Waals surface area contributed by atoms with Gasteiger partial charge in [-0.05, 0) is 12.8 Å². The van der Waals surface area contributed by atoms with Crippen LogP contribution in [0.2, 0.25) is 0 Å². The first-order valence-electron chi connectivity index (χ1n) is 5.04. The number of hydrogen-bond donors (Lipinski definition) is 0. The van der Waals surface area contributed by atoms with E-state index >= 15 is 0 Å².